The van der Waals surface area contributed by atoms with Gasteiger partial charge < -0.3 is 11.1 Å². The second-order valence-corrected chi connectivity index (χ2v) is 2.65. The van der Waals surface area contributed by atoms with E-state index in [1.54, 1.807) is 6.20 Å². The summed E-state index contributed by atoms with van der Waals surface area (Å²) < 4.78 is 1.84. The molecule has 4 heteroatoms. The Hall–Kier alpha value is -1.45. The summed E-state index contributed by atoms with van der Waals surface area (Å²) in [5.74, 6) is 0. The zero-order valence-corrected chi connectivity index (χ0v) is 7.25. The van der Waals surface area contributed by atoms with Crippen LogP contribution >= 0.6 is 0 Å². The van der Waals surface area contributed by atoms with Crippen molar-refractivity contribution >= 4 is 5.69 Å². The van der Waals surface area contributed by atoms with Crippen LogP contribution in [-0.4, -0.2) is 16.8 Å². The second kappa shape index (κ2) is 3.80. The molecule has 0 radical (unpaired) electrons. The van der Waals surface area contributed by atoms with E-state index in [0.717, 1.165) is 18.7 Å². The van der Waals surface area contributed by atoms with Crippen molar-refractivity contribution in [1.29, 1.82) is 0 Å². The molecular weight excluding hydrogens is 152 g/mol. The van der Waals surface area contributed by atoms with E-state index in [2.05, 4.69) is 17.0 Å². The van der Waals surface area contributed by atoms with Gasteiger partial charge in [0.25, 0.3) is 0 Å². The second-order valence-electron chi connectivity index (χ2n) is 2.65. The maximum Gasteiger partial charge on any atom is 0.0723 e. The summed E-state index contributed by atoms with van der Waals surface area (Å²) in [6.07, 6.45) is 4.48. The van der Waals surface area contributed by atoms with Gasteiger partial charge in [0.15, 0.2) is 0 Å². The average Bonchev–Trinajstić information content (AvgIpc) is 2.48. The monoisotopic (exact) mass is 166 g/mol. The lowest BCUT2D eigenvalue weighted by Crippen LogP contribution is -2.03. The minimum atomic E-state index is 0.691. The highest BCUT2D eigenvalue weighted by molar-refractivity contribution is 5.36. The van der Waals surface area contributed by atoms with Gasteiger partial charge >= 0.3 is 0 Å². The van der Waals surface area contributed by atoms with Gasteiger partial charge in [0.2, 0.25) is 0 Å². The normalized spacial score (nSPS) is 9.75. The molecule has 0 amide bonds. The highest BCUT2D eigenvalue weighted by Crippen LogP contribution is 2.03. The molecule has 1 aromatic heterocycles. The quantitative estimate of drug-likeness (QED) is 0.695. The Kier molecular flexibility index (Phi) is 2.74. The van der Waals surface area contributed by atoms with E-state index in [1.165, 1.54) is 0 Å². The summed E-state index contributed by atoms with van der Waals surface area (Å²) >= 11 is 0. The van der Waals surface area contributed by atoms with Gasteiger partial charge in [-0.2, -0.15) is 5.10 Å². The standard InChI is InChI=1S/C8H14N4/c1-7(9)3-4-12-6-8(10-2)5-11-12/h5-6,10H,1,3-4,9H2,2H3. The molecule has 0 aliphatic carbocycles. The number of aryl methyl sites for hydroxylation is 1. The van der Waals surface area contributed by atoms with Crippen LogP contribution < -0.4 is 11.1 Å². The van der Waals surface area contributed by atoms with Crippen molar-refractivity contribution in [3.8, 4) is 0 Å². The molecule has 0 fully saturated rings. The minimum absolute atomic E-state index is 0.691. The number of allylic oxidation sites excluding steroid dienone is 1. The summed E-state index contributed by atoms with van der Waals surface area (Å²) in [5.41, 5.74) is 7.13. The first-order chi connectivity index (χ1) is 5.72. The van der Waals surface area contributed by atoms with E-state index in [0.29, 0.717) is 5.70 Å². The van der Waals surface area contributed by atoms with Gasteiger partial charge in [-0.15, -0.1) is 0 Å². The van der Waals surface area contributed by atoms with Crippen molar-refractivity contribution in [3.05, 3.63) is 24.7 Å². The maximum atomic E-state index is 5.43. The molecule has 0 bridgehead atoms. The maximum absolute atomic E-state index is 5.43. The summed E-state index contributed by atoms with van der Waals surface area (Å²) in [5, 5.41) is 7.11. The Morgan fingerprint density at radius 1 is 1.83 bits per heavy atom. The van der Waals surface area contributed by atoms with Crippen LogP contribution in [0.4, 0.5) is 5.69 Å². The molecule has 1 rings (SSSR count). The molecule has 4 nitrogen and oxygen atoms in total. The summed E-state index contributed by atoms with van der Waals surface area (Å²) in [7, 11) is 1.86. The fourth-order valence-electron chi connectivity index (χ4n) is 0.873. The van der Waals surface area contributed by atoms with Gasteiger partial charge in [-0.3, -0.25) is 4.68 Å². The van der Waals surface area contributed by atoms with Gasteiger partial charge in [-0.05, 0) is 0 Å². The number of nitrogens with one attached hydrogen (secondary N) is 1. The smallest absolute Gasteiger partial charge is 0.0723 e. The Morgan fingerprint density at radius 2 is 2.58 bits per heavy atom. The molecule has 12 heavy (non-hydrogen) atoms. The Balaban J connectivity index is 2.47. The molecule has 0 unspecified atom stereocenters. The van der Waals surface area contributed by atoms with E-state index >= 15 is 0 Å². The van der Waals surface area contributed by atoms with Gasteiger partial charge in [0.05, 0.1) is 11.9 Å². The number of rotatable bonds is 4. The summed E-state index contributed by atoms with van der Waals surface area (Å²) in [4.78, 5) is 0. The van der Waals surface area contributed by atoms with Crippen LogP contribution in [0.3, 0.4) is 0 Å². The number of aromatic nitrogens is 2. The predicted molar refractivity (Wildman–Crippen MR) is 49.7 cm³/mol. The molecule has 1 aromatic rings. The van der Waals surface area contributed by atoms with Crippen LogP contribution in [0.5, 0.6) is 0 Å². The predicted octanol–water partition coefficient (Wildman–Crippen LogP) is 0.787. The number of nitrogens with two attached hydrogens (primary N) is 1. The van der Waals surface area contributed by atoms with Crippen molar-refractivity contribution in [1.82, 2.24) is 9.78 Å². The third-order valence-corrected chi connectivity index (χ3v) is 1.58. The molecule has 0 saturated carbocycles. The van der Waals surface area contributed by atoms with E-state index in [-0.39, 0.29) is 0 Å². The van der Waals surface area contributed by atoms with Gasteiger partial charge in [-0.25, -0.2) is 0 Å². The summed E-state index contributed by atoms with van der Waals surface area (Å²) in [6, 6.07) is 0. The van der Waals surface area contributed by atoms with Crippen LogP contribution in [-0.2, 0) is 6.54 Å². The number of anilines is 1. The van der Waals surface area contributed by atoms with E-state index in [4.69, 9.17) is 5.73 Å². The Bertz CT molecular complexity index is 264. The first-order valence-electron chi connectivity index (χ1n) is 3.86. The molecule has 1 heterocycles. The Morgan fingerprint density at radius 3 is 3.08 bits per heavy atom. The number of hydrogen-bond donors (Lipinski definition) is 2. The van der Waals surface area contributed by atoms with Crippen molar-refractivity contribution in [2.45, 2.75) is 13.0 Å². The third-order valence-electron chi connectivity index (χ3n) is 1.58. The highest BCUT2D eigenvalue weighted by Gasteiger charge is 1.95. The first kappa shape index (κ1) is 8.64. The minimum Gasteiger partial charge on any atom is -0.402 e. The zero-order chi connectivity index (χ0) is 8.97. The van der Waals surface area contributed by atoms with Crippen molar-refractivity contribution < 1.29 is 0 Å². The van der Waals surface area contributed by atoms with Crippen molar-refractivity contribution in [2.75, 3.05) is 12.4 Å². The van der Waals surface area contributed by atoms with Gasteiger partial charge in [0, 0.05) is 31.9 Å². The fourth-order valence-corrected chi connectivity index (χ4v) is 0.873. The van der Waals surface area contributed by atoms with E-state index in [9.17, 15) is 0 Å². The number of nitrogens with zero attached hydrogens (tertiary/aromatic N) is 2. The van der Waals surface area contributed by atoms with E-state index in [1.807, 2.05) is 17.9 Å². The van der Waals surface area contributed by atoms with Gasteiger partial charge in [-0.1, -0.05) is 6.58 Å². The highest BCUT2D eigenvalue weighted by atomic mass is 15.3. The molecular formula is C8H14N4. The van der Waals surface area contributed by atoms with Crippen molar-refractivity contribution in [2.24, 2.45) is 5.73 Å². The summed E-state index contributed by atoms with van der Waals surface area (Å²) in [6.45, 7) is 4.41. The van der Waals surface area contributed by atoms with Crippen LogP contribution in [0.1, 0.15) is 6.42 Å². The lowest BCUT2D eigenvalue weighted by molar-refractivity contribution is 0.611. The largest absolute Gasteiger partial charge is 0.402 e. The fraction of sp³-hybridized carbons (Fsp3) is 0.375. The van der Waals surface area contributed by atoms with Crippen LogP contribution in [0.2, 0.25) is 0 Å². The molecule has 66 valence electrons. The molecule has 3 N–H and O–H groups in total. The van der Waals surface area contributed by atoms with E-state index < -0.39 is 0 Å². The average molecular weight is 166 g/mol. The van der Waals surface area contributed by atoms with Crippen LogP contribution in [0.25, 0.3) is 0 Å². The van der Waals surface area contributed by atoms with Crippen molar-refractivity contribution in [3.63, 3.8) is 0 Å². The van der Waals surface area contributed by atoms with Crippen LogP contribution in [0, 0.1) is 0 Å². The zero-order valence-electron chi connectivity index (χ0n) is 7.25. The lowest BCUT2D eigenvalue weighted by Gasteiger charge is -1.99. The molecule has 0 saturated heterocycles. The third kappa shape index (κ3) is 2.30. The van der Waals surface area contributed by atoms with Gasteiger partial charge in [0.1, 0.15) is 0 Å². The number of hydrogen-bond acceptors (Lipinski definition) is 3. The Labute approximate surface area is 72.1 Å². The molecule has 0 aliphatic heterocycles. The topological polar surface area (TPSA) is 55.9 Å². The van der Waals surface area contributed by atoms with Crippen LogP contribution in [0.15, 0.2) is 24.7 Å². The molecule has 0 aromatic carbocycles. The molecule has 0 spiro atoms. The molecule has 0 atom stereocenters. The lowest BCUT2D eigenvalue weighted by atomic mass is 10.3. The SMILES string of the molecule is C=C(N)CCn1cc(NC)cn1. The first-order valence-corrected chi connectivity index (χ1v) is 3.86. The molecule has 0 aliphatic rings.